The van der Waals surface area contributed by atoms with E-state index < -0.39 is 0 Å². The molecule has 94 valence electrons. The summed E-state index contributed by atoms with van der Waals surface area (Å²) in [6, 6.07) is 15.1. The Hall–Kier alpha value is -1.38. The first kappa shape index (κ1) is 15.6. The number of rotatable bonds is 2. The minimum absolute atomic E-state index is 1.00. The highest BCUT2D eigenvalue weighted by atomic mass is 16.2. The molecule has 0 aliphatic heterocycles. The van der Waals surface area contributed by atoms with Crippen molar-refractivity contribution in [1.82, 2.24) is 0 Å². The Morgan fingerprint density at radius 2 is 1.41 bits per heavy atom. The smallest absolute Gasteiger partial charge is 0.0319 e. The van der Waals surface area contributed by atoms with Crippen LogP contribution >= 0.6 is 0 Å². The molecule has 2 rings (SSSR count). The van der Waals surface area contributed by atoms with E-state index in [2.05, 4.69) is 49.4 Å². The Labute approximate surface area is 104 Å². The van der Waals surface area contributed by atoms with Crippen molar-refractivity contribution in [2.45, 2.75) is 19.8 Å². The minimum Gasteiger partial charge on any atom is -0.400 e. The fraction of sp³-hybridized carbons (Fsp3) is 0.333. The number of hydrogen-bond donors (Lipinski definition) is 2. The normalized spacial score (nSPS) is 8.76. The lowest BCUT2D eigenvalue weighted by Gasteiger charge is -2.03. The molecule has 0 aliphatic rings. The lowest BCUT2D eigenvalue weighted by Crippen LogP contribution is -1.84. The lowest BCUT2D eigenvalue weighted by atomic mass is 10.0. The molecule has 0 aromatic heterocycles. The third-order valence-corrected chi connectivity index (χ3v) is 2.40. The highest BCUT2D eigenvalue weighted by molar-refractivity contribution is 5.85. The van der Waals surface area contributed by atoms with Crippen LogP contribution in [0.5, 0.6) is 0 Å². The van der Waals surface area contributed by atoms with Crippen LogP contribution in [0.4, 0.5) is 0 Å². The van der Waals surface area contributed by atoms with Gasteiger partial charge >= 0.3 is 0 Å². The van der Waals surface area contributed by atoms with Gasteiger partial charge in [0.2, 0.25) is 0 Å². The van der Waals surface area contributed by atoms with Gasteiger partial charge in [-0.1, -0.05) is 55.8 Å². The highest BCUT2D eigenvalue weighted by Crippen LogP contribution is 2.19. The van der Waals surface area contributed by atoms with Crippen molar-refractivity contribution in [2.24, 2.45) is 0 Å². The van der Waals surface area contributed by atoms with Crippen molar-refractivity contribution in [1.29, 1.82) is 0 Å². The number of hydrogen-bond acceptors (Lipinski definition) is 2. The maximum absolute atomic E-state index is 7.00. The van der Waals surface area contributed by atoms with Gasteiger partial charge in [0.05, 0.1) is 0 Å². The molecule has 0 unspecified atom stereocenters. The SMILES string of the molecule is CCCc1cccc2ccccc12.CO.CO. The van der Waals surface area contributed by atoms with E-state index in [-0.39, 0.29) is 0 Å². The highest BCUT2D eigenvalue weighted by Gasteiger charge is 1.97. The zero-order valence-corrected chi connectivity index (χ0v) is 10.9. The van der Waals surface area contributed by atoms with E-state index in [0.717, 1.165) is 14.2 Å². The average Bonchev–Trinajstić information content (AvgIpc) is 2.44. The third-order valence-electron chi connectivity index (χ3n) is 2.40. The average molecular weight is 234 g/mol. The molecule has 17 heavy (non-hydrogen) atoms. The van der Waals surface area contributed by atoms with Gasteiger partial charge in [-0.05, 0) is 22.8 Å². The Morgan fingerprint density at radius 1 is 0.824 bits per heavy atom. The molecule has 0 heterocycles. The van der Waals surface area contributed by atoms with Gasteiger partial charge in [0.25, 0.3) is 0 Å². The molecule has 0 atom stereocenters. The Balaban J connectivity index is 0.000000581. The van der Waals surface area contributed by atoms with Crippen LogP contribution in [0.2, 0.25) is 0 Å². The fourth-order valence-electron chi connectivity index (χ4n) is 1.78. The van der Waals surface area contributed by atoms with E-state index in [1.165, 1.54) is 29.2 Å². The van der Waals surface area contributed by atoms with Crippen LogP contribution in [0.1, 0.15) is 18.9 Å². The van der Waals surface area contributed by atoms with Crippen molar-refractivity contribution in [3.05, 3.63) is 48.0 Å². The van der Waals surface area contributed by atoms with Gasteiger partial charge in [-0.25, -0.2) is 0 Å². The largest absolute Gasteiger partial charge is 0.400 e. The van der Waals surface area contributed by atoms with Gasteiger partial charge < -0.3 is 10.2 Å². The first-order chi connectivity index (χ1) is 8.42. The summed E-state index contributed by atoms with van der Waals surface area (Å²) in [5.74, 6) is 0. The zero-order valence-electron chi connectivity index (χ0n) is 10.9. The van der Waals surface area contributed by atoms with E-state index >= 15 is 0 Å². The lowest BCUT2D eigenvalue weighted by molar-refractivity contribution is 0.399. The van der Waals surface area contributed by atoms with Crippen LogP contribution in [0.15, 0.2) is 42.5 Å². The molecule has 2 nitrogen and oxygen atoms in total. The number of benzene rings is 2. The van der Waals surface area contributed by atoms with Crippen molar-refractivity contribution in [2.75, 3.05) is 14.2 Å². The molecular weight excluding hydrogens is 212 g/mol. The van der Waals surface area contributed by atoms with Gasteiger partial charge in [0, 0.05) is 14.2 Å². The number of aliphatic hydroxyl groups is 2. The topological polar surface area (TPSA) is 40.5 Å². The van der Waals surface area contributed by atoms with Crippen LogP contribution < -0.4 is 0 Å². The molecule has 2 heteroatoms. The number of aliphatic hydroxyl groups excluding tert-OH is 2. The molecule has 2 aromatic rings. The summed E-state index contributed by atoms with van der Waals surface area (Å²) in [7, 11) is 2.00. The molecule has 0 fully saturated rings. The summed E-state index contributed by atoms with van der Waals surface area (Å²) in [4.78, 5) is 0. The minimum atomic E-state index is 1.00. The van der Waals surface area contributed by atoms with E-state index in [4.69, 9.17) is 10.2 Å². The first-order valence-corrected chi connectivity index (χ1v) is 5.78. The van der Waals surface area contributed by atoms with Crippen LogP contribution in [-0.2, 0) is 6.42 Å². The van der Waals surface area contributed by atoms with E-state index in [1.54, 1.807) is 0 Å². The molecule has 0 amide bonds. The van der Waals surface area contributed by atoms with Crippen LogP contribution in [-0.4, -0.2) is 24.4 Å². The predicted molar refractivity (Wildman–Crippen MR) is 74.2 cm³/mol. The maximum atomic E-state index is 7.00. The number of fused-ring (bicyclic) bond motifs is 1. The van der Waals surface area contributed by atoms with Crippen LogP contribution in [0, 0.1) is 0 Å². The molecule has 0 spiro atoms. The van der Waals surface area contributed by atoms with Gasteiger partial charge in [0.15, 0.2) is 0 Å². The number of aryl methyl sites for hydroxylation is 1. The summed E-state index contributed by atoms with van der Waals surface area (Å²) in [6.45, 7) is 2.22. The Kier molecular flexibility index (Phi) is 9.02. The standard InChI is InChI=1S/C13H14.2CH4O/c1-2-6-11-8-5-9-12-7-3-4-10-13(11)12;2*1-2/h3-5,7-10H,2,6H2,1H3;2*2H,1H3. The second kappa shape index (κ2) is 9.82. The Bertz CT molecular complexity index is 405. The fourth-order valence-corrected chi connectivity index (χ4v) is 1.78. The van der Waals surface area contributed by atoms with Crippen molar-refractivity contribution in [3.8, 4) is 0 Å². The van der Waals surface area contributed by atoms with Crippen LogP contribution in [0.3, 0.4) is 0 Å². The molecule has 0 radical (unpaired) electrons. The zero-order chi connectivity index (χ0) is 13.1. The maximum Gasteiger partial charge on any atom is 0.0319 e. The molecule has 0 bridgehead atoms. The van der Waals surface area contributed by atoms with E-state index in [0.29, 0.717) is 0 Å². The molecule has 2 N–H and O–H groups in total. The van der Waals surface area contributed by atoms with E-state index in [1.807, 2.05) is 0 Å². The van der Waals surface area contributed by atoms with Gasteiger partial charge in [0.1, 0.15) is 0 Å². The summed E-state index contributed by atoms with van der Waals surface area (Å²) in [6.07, 6.45) is 2.40. The van der Waals surface area contributed by atoms with Crippen LogP contribution in [0.25, 0.3) is 10.8 Å². The van der Waals surface area contributed by atoms with Crippen molar-refractivity contribution in [3.63, 3.8) is 0 Å². The molecule has 0 saturated carbocycles. The third kappa shape index (κ3) is 4.55. The molecular formula is C15H22O2. The molecule has 0 aliphatic carbocycles. The quantitative estimate of drug-likeness (QED) is 0.838. The van der Waals surface area contributed by atoms with E-state index in [9.17, 15) is 0 Å². The first-order valence-electron chi connectivity index (χ1n) is 5.78. The van der Waals surface area contributed by atoms with Crippen molar-refractivity contribution >= 4 is 10.8 Å². The second-order valence-corrected chi connectivity index (χ2v) is 3.39. The second-order valence-electron chi connectivity index (χ2n) is 3.39. The molecule has 0 saturated heterocycles. The summed E-state index contributed by atoms with van der Waals surface area (Å²) < 4.78 is 0. The summed E-state index contributed by atoms with van der Waals surface area (Å²) in [5, 5.41) is 16.8. The monoisotopic (exact) mass is 234 g/mol. The van der Waals surface area contributed by atoms with Gasteiger partial charge in [-0.3, -0.25) is 0 Å². The predicted octanol–water partition coefficient (Wildman–Crippen LogP) is 3.01. The van der Waals surface area contributed by atoms with Crippen molar-refractivity contribution < 1.29 is 10.2 Å². The Morgan fingerprint density at radius 3 is 2.06 bits per heavy atom. The molecule has 2 aromatic carbocycles. The van der Waals surface area contributed by atoms with Gasteiger partial charge in [-0.15, -0.1) is 0 Å². The summed E-state index contributed by atoms with van der Waals surface area (Å²) >= 11 is 0. The van der Waals surface area contributed by atoms with Gasteiger partial charge in [-0.2, -0.15) is 0 Å². The summed E-state index contributed by atoms with van der Waals surface area (Å²) in [5.41, 5.74) is 1.47.